The molecule has 1 heterocycles. The topological polar surface area (TPSA) is 40.5 Å². The molecule has 0 amide bonds. The number of rotatable bonds is 4. The number of halogens is 1. The summed E-state index contributed by atoms with van der Waals surface area (Å²) in [5.74, 6) is -0.816. The number of carbonyl (C=O) groups is 1. The molecular weight excluding hydrogens is 269 g/mol. The third kappa shape index (κ3) is 3.62. The number of hydrogen-bond acceptors (Lipinski definition) is 2. The van der Waals surface area contributed by atoms with E-state index < -0.39 is 11.4 Å². The highest BCUT2D eigenvalue weighted by Crippen LogP contribution is 2.34. The molecule has 1 unspecified atom stereocenters. The highest BCUT2D eigenvalue weighted by Gasteiger charge is 2.38. The van der Waals surface area contributed by atoms with Crippen LogP contribution in [-0.2, 0) is 11.3 Å². The van der Waals surface area contributed by atoms with Gasteiger partial charge in [0.05, 0.1) is 5.41 Å². The maximum atomic E-state index is 13.4. The van der Waals surface area contributed by atoms with Crippen LogP contribution in [0.2, 0.25) is 0 Å². The van der Waals surface area contributed by atoms with Gasteiger partial charge in [0.1, 0.15) is 5.82 Å². The van der Waals surface area contributed by atoms with Crippen molar-refractivity contribution in [2.75, 3.05) is 13.1 Å². The molecule has 1 N–H and O–H groups in total. The summed E-state index contributed by atoms with van der Waals surface area (Å²) in [5.41, 5.74) is 1.36. The number of aryl methyl sites for hydroxylation is 1. The molecule has 0 radical (unpaired) electrons. The van der Waals surface area contributed by atoms with E-state index in [2.05, 4.69) is 4.90 Å². The van der Waals surface area contributed by atoms with Gasteiger partial charge in [-0.15, -0.1) is 0 Å². The Morgan fingerprint density at radius 1 is 1.48 bits per heavy atom. The van der Waals surface area contributed by atoms with Crippen molar-refractivity contribution in [3.63, 3.8) is 0 Å². The molecule has 1 saturated heterocycles. The number of likely N-dealkylation sites (tertiary alicyclic amines) is 1. The fraction of sp³-hybridized carbons (Fsp3) is 0.588. The van der Waals surface area contributed by atoms with Gasteiger partial charge >= 0.3 is 5.97 Å². The molecule has 3 nitrogen and oxygen atoms in total. The number of carboxylic acid groups (broad SMARTS) is 1. The van der Waals surface area contributed by atoms with E-state index in [0.29, 0.717) is 6.54 Å². The normalized spacial score (nSPS) is 20.5. The van der Waals surface area contributed by atoms with E-state index in [1.54, 1.807) is 26.0 Å². The van der Waals surface area contributed by atoms with Gasteiger partial charge in [-0.25, -0.2) is 4.39 Å². The van der Waals surface area contributed by atoms with Crippen molar-refractivity contribution in [3.8, 4) is 0 Å². The number of benzene rings is 1. The lowest BCUT2D eigenvalue weighted by molar-refractivity contribution is -0.151. The minimum atomic E-state index is -0.740. The minimum absolute atomic E-state index is 0.137. The molecule has 0 spiro atoms. The second-order valence-corrected chi connectivity index (χ2v) is 6.67. The molecule has 2 rings (SSSR count). The van der Waals surface area contributed by atoms with E-state index in [1.165, 1.54) is 6.07 Å². The van der Waals surface area contributed by atoms with Crippen molar-refractivity contribution in [2.45, 2.75) is 40.2 Å². The first-order chi connectivity index (χ1) is 9.80. The van der Waals surface area contributed by atoms with Crippen molar-refractivity contribution in [3.05, 3.63) is 35.1 Å². The Morgan fingerprint density at radius 2 is 2.19 bits per heavy atom. The molecule has 21 heavy (non-hydrogen) atoms. The Hall–Kier alpha value is -1.42. The summed E-state index contributed by atoms with van der Waals surface area (Å²) in [5, 5.41) is 9.38. The molecule has 1 atom stereocenters. The summed E-state index contributed by atoms with van der Waals surface area (Å²) in [6, 6.07) is 4.86. The SMILES string of the molecule is Cc1ccc(F)cc1CN1CCCC(C(C)(C)C(=O)O)C1. The average molecular weight is 293 g/mol. The Labute approximate surface area is 125 Å². The molecule has 1 aliphatic heterocycles. The van der Waals surface area contributed by atoms with Crippen LogP contribution in [0, 0.1) is 24.1 Å². The van der Waals surface area contributed by atoms with Crippen LogP contribution in [0.1, 0.15) is 37.8 Å². The molecule has 0 bridgehead atoms. The van der Waals surface area contributed by atoms with Crippen LogP contribution in [0.15, 0.2) is 18.2 Å². The van der Waals surface area contributed by atoms with Gasteiger partial charge in [0, 0.05) is 13.1 Å². The van der Waals surface area contributed by atoms with Crippen LogP contribution in [0.5, 0.6) is 0 Å². The predicted molar refractivity (Wildman–Crippen MR) is 80.6 cm³/mol. The van der Waals surface area contributed by atoms with Gasteiger partial charge in [-0.05, 0) is 69.3 Å². The second-order valence-electron chi connectivity index (χ2n) is 6.67. The predicted octanol–water partition coefficient (Wildman–Crippen LogP) is 3.46. The van der Waals surface area contributed by atoms with Crippen molar-refractivity contribution in [1.82, 2.24) is 4.90 Å². The third-order valence-corrected chi connectivity index (χ3v) is 4.78. The third-order valence-electron chi connectivity index (χ3n) is 4.78. The maximum Gasteiger partial charge on any atom is 0.309 e. The molecule has 1 fully saturated rings. The average Bonchev–Trinajstić information content (AvgIpc) is 2.43. The first kappa shape index (κ1) is 16.0. The summed E-state index contributed by atoms with van der Waals surface area (Å²) in [4.78, 5) is 13.7. The van der Waals surface area contributed by atoms with E-state index in [-0.39, 0.29) is 11.7 Å². The molecule has 1 aliphatic rings. The standard InChI is InChI=1S/C17H24FNO2/c1-12-6-7-15(18)9-13(12)10-19-8-4-5-14(11-19)17(2,3)16(20)21/h6-7,9,14H,4-5,8,10-11H2,1-3H3,(H,20,21). The summed E-state index contributed by atoms with van der Waals surface area (Å²) in [6.07, 6.45) is 1.94. The number of carboxylic acids is 1. The highest BCUT2D eigenvalue weighted by atomic mass is 19.1. The molecule has 0 aliphatic carbocycles. The number of hydrogen-bond donors (Lipinski definition) is 1. The minimum Gasteiger partial charge on any atom is -0.481 e. The van der Waals surface area contributed by atoms with Crippen LogP contribution < -0.4 is 0 Å². The Morgan fingerprint density at radius 3 is 2.86 bits per heavy atom. The largest absolute Gasteiger partial charge is 0.481 e. The van der Waals surface area contributed by atoms with Crippen molar-refractivity contribution in [2.24, 2.45) is 11.3 Å². The number of piperidine rings is 1. The van der Waals surface area contributed by atoms with Gasteiger partial charge in [0.25, 0.3) is 0 Å². The lowest BCUT2D eigenvalue weighted by atomic mass is 9.74. The van der Waals surface area contributed by atoms with Crippen molar-refractivity contribution >= 4 is 5.97 Å². The maximum absolute atomic E-state index is 13.4. The van der Waals surface area contributed by atoms with E-state index in [0.717, 1.165) is 37.1 Å². The molecule has 4 heteroatoms. The van der Waals surface area contributed by atoms with Gasteiger partial charge < -0.3 is 5.11 Å². The quantitative estimate of drug-likeness (QED) is 0.924. The van der Waals surface area contributed by atoms with Gasteiger partial charge in [-0.2, -0.15) is 0 Å². The summed E-state index contributed by atoms with van der Waals surface area (Å²) < 4.78 is 13.4. The Balaban J connectivity index is 2.08. The number of aliphatic carboxylic acids is 1. The fourth-order valence-electron chi connectivity index (χ4n) is 3.01. The summed E-state index contributed by atoms with van der Waals surface area (Å²) in [7, 11) is 0. The number of nitrogens with zero attached hydrogens (tertiary/aromatic N) is 1. The summed E-state index contributed by atoms with van der Waals surface area (Å²) >= 11 is 0. The van der Waals surface area contributed by atoms with E-state index >= 15 is 0 Å². The lowest BCUT2D eigenvalue weighted by Gasteiger charge is -2.39. The van der Waals surface area contributed by atoms with Gasteiger partial charge in [0.2, 0.25) is 0 Å². The molecule has 1 aromatic rings. The van der Waals surface area contributed by atoms with E-state index in [4.69, 9.17) is 0 Å². The lowest BCUT2D eigenvalue weighted by Crippen LogP contribution is -2.44. The van der Waals surface area contributed by atoms with Crippen LogP contribution in [0.4, 0.5) is 4.39 Å². The monoisotopic (exact) mass is 293 g/mol. The zero-order valence-electron chi connectivity index (χ0n) is 13.0. The van der Waals surface area contributed by atoms with Crippen molar-refractivity contribution < 1.29 is 14.3 Å². The van der Waals surface area contributed by atoms with E-state index in [1.807, 2.05) is 6.92 Å². The molecule has 1 aromatic carbocycles. The van der Waals surface area contributed by atoms with Crippen LogP contribution >= 0.6 is 0 Å². The summed E-state index contributed by atoms with van der Waals surface area (Å²) in [6.45, 7) is 7.98. The van der Waals surface area contributed by atoms with Gasteiger partial charge in [-0.3, -0.25) is 9.69 Å². The van der Waals surface area contributed by atoms with Gasteiger partial charge in [0.15, 0.2) is 0 Å². The zero-order chi connectivity index (χ0) is 15.6. The molecule has 116 valence electrons. The van der Waals surface area contributed by atoms with E-state index in [9.17, 15) is 14.3 Å². The smallest absolute Gasteiger partial charge is 0.309 e. The molecule has 0 saturated carbocycles. The molecular formula is C17H24FNO2. The molecule has 0 aromatic heterocycles. The first-order valence-electron chi connectivity index (χ1n) is 7.51. The van der Waals surface area contributed by atoms with Crippen LogP contribution in [0.25, 0.3) is 0 Å². The first-order valence-corrected chi connectivity index (χ1v) is 7.51. The second kappa shape index (κ2) is 6.14. The zero-order valence-corrected chi connectivity index (χ0v) is 13.0. The van der Waals surface area contributed by atoms with Crippen LogP contribution in [-0.4, -0.2) is 29.1 Å². The fourth-order valence-corrected chi connectivity index (χ4v) is 3.01. The highest BCUT2D eigenvalue weighted by molar-refractivity contribution is 5.74. The Kier molecular flexibility index (Phi) is 4.67. The van der Waals surface area contributed by atoms with Gasteiger partial charge in [-0.1, -0.05) is 6.07 Å². The van der Waals surface area contributed by atoms with Crippen LogP contribution in [0.3, 0.4) is 0 Å². The Bertz CT molecular complexity index is 528. The van der Waals surface area contributed by atoms with Crippen molar-refractivity contribution in [1.29, 1.82) is 0 Å².